The van der Waals surface area contributed by atoms with Crippen molar-refractivity contribution in [2.45, 2.75) is 44.9 Å². The Balaban J connectivity index is 1.61. The maximum atomic E-state index is 12.2. The zero-order chi connectivity index (χ0) is 12.4. The van der Waals surface area contributed by atoms with E-state index >= 15 is 0 Å². The summed E-state index contributed by atoms with van der Waals surface area (Å²) >= 11 is 0. The lowest BCUT2D eigenvalue weighted by atomic mass is 9.68. The Morgan fingerprint density at radius 1 is 1.11 bits per heavy atom. The fourth-order valence-corrected chi connectivity index (χ4v) is 3.54. The molecule has 2 fully saturated rings. The minimum absolute atomic E-state index is 0.0608. The van der Waals surface area contributed by atoms with Crippen LogP contribution in [0.5, 0.6) is 0 Å². The van der Waals surface area contributed by atoms with Crippen LogP contribution in [0.25, 0.3) is 0 Å². The van der Waals surface area contributed by atoms with Crippen LogP contribution in [0.2, 0.25) is 0 Å². The second-order valence-electron chi connectivity index (χ2n) is 5.83. The molecule has 2 aliphatic rings. The molecule has 1 aromatic rings. The molecule has 1 aromatic heterocycles. The number of hydrogen-bond acceptors (Lipinski definition) is 2. The van der Waals surface area contributed by atoms with Gasteiger partial charge in [-0.15, -0.1) is 0 Å². The summed E-state index contributed by atoms with van der Waals surface area (Å²) in [5.74, 6) is 0.542. The minimum atomic E-state index is 0.0608. The number of rotatable bonds is 1. The first-order valence-electron chi connectivity index (χ1n) is 7.12. The Hall–Kier alpha value is -1.25. The van der Waals surface area contributed by atoms with Gasteiger partial charge in [-0.05, 0) is 43.2 Å². The summed E-state index contributed by atoms with van der Waals surface area (Å²) in [6.07, 6.45) is 10.8. The smallest absolute Gasteiger partial charge is 0.289 e. The van der Waals surface area contributed by atoms with Gasteiger partial charge in [0, 0.05) is 13.1 Å². The second kappa shape index (κ2) is 4.79. The molecule has 1 saturated carbocycles. The lowest BCUT2D eigenvalue weighted by molar-refractivity contribution is 0.0447. The van der Waals surface area contributed by atoms with Crippen LogP contribution in [-0.2, 0) is 0 Å². The molecule has 1 aliphatic heterocycles. The van der Waals surface area contributed by atoms with Crippen LogP contribution >= 0.6 is 0 Å². The Labute approximate surface area is 108 Å². The number of carbonyl (C=O) groups excluding carboxylic acids is 1. The molecule has 2 heterocycles. The molecule has 0 bridgehead atoms. The average molecular weight is 247 g/mol. The summed E-state index contributed by atoms with van der Waals surface area (Å²) in [7, 11) is 0. The van der Waals surface area contributed by atoms with E-state index in [-0.39, 0.29) is 5.91 Å². The lowest BCUT2D eigenvalue weighted by Gasteiger charge is -2.44. The van der Waals surface area contributed by atoms with Crippen molar-refractivity contribution < 1.29 is 9.21 Å². The van der Waals surface area contributed by atoms with Crippen molar-refractivity contribution >= 4 is 5.91 Å². The Morgan fingerprint density at radius 2 is 1.83 bits per heavy atom. The van der Waals surface area contributed by atoms with Crippen molar-refractivity contribution in [3.63, 3.8) is 0 Å². The molecular formula is C15H21NO2. The highest BCUT2D eigenvalue weighted by atomic mass is 16.3. The van der Waals surface area contributed by atoms with Crippen molar-refractivity contribution in [2.24, 2.45) is 5.41 Å². The predicted molar refractivity (Wildman–Crippen MR) is 69.4 cm³/mol. The summed E-state index contributed by atoms with van der Waals surface area (Å²) in [6.45, 7) is 1.80. The molecular weight excluding hydrogens is 226 g/mol. The molecule has 3 nitrogen and oxygen atoms in total. The van der Waals surface area contributed by atoms with E-state index in [1.807, 2.05) is 4.90 Å². The first-order chi connectivity index (χ1) is 8.79. The molecule has 98 valence electrons. The highest BCUT2D eigenvalue weighted by Crippen LogP contribution is 2.44. The second-order valence-corrected chi connectivity index (χ2v) is 5.83. The van der Waals surface area contributed by atoms with E-state index in [4.69, 9.17) is 4.42 Å². The van der Waals surface area contributed by atoms with Crippen molar-refractivity contribution in [2.75, 3.05) is 13.1 Å². The summed E-state index contributed by atoms with van der Waals surface area (Å²) in [5, 5.41) is 0. The molecule has 0 unspecified atom stereocenters. The third-order valence-electron chi connectivity index (χ3n) is 4.76. The summed E-state index contributed by atoms with van der Waals surface area (Å²) in [4.78, 5) is 14.1. The molecule has 0 aromatic carbocycles. The fraction of sp³-hybridized carbons (Fsp3) is 0.667. The maximum absolute atomic E-state index is 12.2. The average Bonchev–Trinajstić information content (AvgIpc) is 2.94. The summed E-state index contributed by atoms with van der Waals surface area (Å²) in [6, 6.07) is 3.53. The molecule has 3 heteroatoms. The van der Waals surface area contributed by atoms with Gasteiger partial charge in [-0.1, -0.05) is 19.3 Å². The van der Waals surface area contributed by atoms with E-state index in [2.05, 4.69) is 0 Å². The van der Waals surface area contributed by atoms with E-state index in [1.165, 1.54) is 44.9 Å². The zero-order valence-electron chi connectivity index (χ0n) is 10.9. The molecule has 1 amide bonds. The molecule has 1 spiro atoms. The Morgan fingerprint density at radius 3 is 2.44 bits per heavy atom. The predicted octanol–water partition coefficient (Wildman–Crippen LogP) is 3.47. The van der Waals surface area contributed by atoms with Gasteiger partial charge in [0.2, 0.25) is 0 Å². The molecule has 1 saturated heterocycles. The first-order valence-corrected chi connectivity index (χ1v) is 7.12. The SMILES string of the molecule is O=C(c1ccco1)N1CCC2(CCCCC2)CC1. The van der Waals surface area contributed by atoms with Gasteiger partial charge in [-0.25, -0.2) is 0 Å². The van der Waals surface area contributed by atoms with Crippen molar-refractivity contribution in [1.82, 2.24) is 4.90 Å². The monoisotopic (exact) mass is 247 g/mol. The van der Waals surface area contributed by atoms with Crippen molar-refractivity contribution in [3.8, 4) is 0 Å². The van der Waals surface area contributed by atoms with Gasteiger partial charge in [0.15, 0.2) is 5.76 Å². The number of amides is 1. The number of furan rings is 1. The van der Waals surface area contributed by atoms with Crippen LogP contribution in [0.3, 0.4) is 0 Å². The van der Waals surface area contributed by atoms with Gasteiger partial charge in [0.25, 0.3) is 5.91 Å². The van der Waals surface area contributed by atoms with Crippen molar-refractivity contribution in [3.05, 3.63) is 24.2 Å². The van der Waals surface area contributed by atoms with E-state index in [9.17, 15) is 4.79 Å². The molecule has 0 N–H and O–H groups in total. The van der Waals surface area contributed by atoms with Gasteiger partial charge in [0.1, 0.15) is 0 Å². The summed E-state index contributed by atoms with van der Waals surface area (Å²) in [5.41, 5.74) is 0.554. The molecule has 18 heavy (non-hydrogen) atoms. The van der Waals surface area contributed by atoms with E-state index in [0.29, 0.717) is 11.2 Å². The Bertz CT molecular complexity index is 394. The van der Waals surface area contributed by atoms with Gasteiger partial charge >= 0.3 is 0 Å². The van der Waals surface area contributed by atoms with Crippen molar-refractivity contribution in [1.29, 1.82) is 0 Å². The number of carbonyl (C=O) groups is 1. The van der Waals surface area contributed by atoms with Crippen LogP contribution in [-0.4, -0.2) is 23.9 Å². The highest BCUT2D eigenvalue weighted by Gasteiger charge is 2.37. The molecule has 3 rings (SSSR count). The fourth-order valence-electron chi connectivity index (χ4n) is 3.54. The lowest BCUT2D eigenvalue weighted by Crippen LogP contribution is -2.43. The number of likely N-dealkylation sites (tertiary alicyclic amines) is 1. The normalized spacial score (nSPS) is 23.2. The minimum Gasteiger partial charge on any atom is -0.459 e. The van der Waals surface area contributed by atoms with Crippen LogP contribution < -0.4 is 0 Å². The van der Waals surface area contributed by atoms with Gasteiger partial charge in [0.05, 0.1) is 6.26 Å². The van der Waals surface area contributed by atoms with E-state index in [1.54, 1.807) is 18.4 Å². The third kappa shape index (κ3) is 2.18. The van der Waals surface area contributed by atoms with E-state index in [0.717, 1.165) is 13.1 Å². The van der Waals surface area contributed by atoms with Crippen LogP contribution in [0, 0.1) is 5.41 Å². The highest BCUT2D eigenvalue weighted by molar-refractivity contribution is 5.91. The molecule has 1 aliphatic carbocycles. The summed E-state index contributed by atoms with van der Waals surface area (Å²) < 4.78 is 5.19. The number of hydrogen-bond donors (Lipinski definition) is 0. The standard InChI is InChI=1S/C15H21NO2/c17-14(13-5-4-12-18-13)16-10-8-15(9-11-16)6-2-1-3-7-15/h4-5,12H,1-3,6-11H2. The number of nitrogens with zero attached hydrogens (tertiary/aromatic N) is 1. The molecule has 0 atom stereocenters. The Kier molecular flexibility index (Phi) is 3.14. The quantitative estimate of drug-likeness (QED) is 0.761. The van der Waals surface area contributed by atoms with E-state index < -0.39 is 0 Å². The third-order valence-corrected chi connectivity index (χ3v) is 4.76. The maximum Gasteiger partial charge on any atom is 0.289 e. The largest absolute Gasteiger partial charge is 0.459 e. The van der Waals surface area contributed by atoms with Crippen LogP contribution in [0.1, 0.15) is 55.5 Å². The van der Waals surface area contributed by atoms with Gasteiger partial charge in [-0.3, -0.25) is 4.79 Å². The molecule has 0 radical (unpaired) electrons. The first kappa shape index (κ1) is 11.8. The van der Waals surface area contributed by atoms with Gasteiger partial charge in [-0.2, -0.15) is 0 Å². The number of piperidine rings is 1. The van der Waals surface area contributed by atoms with Gasteiger partial charge < -0.3 is 9.32 Å². The van der Waals surface area contributed by atoms with Crippen LogP contribution in [0.4, 0.5) is 0 Å². The topological polar surface area (TPSA) is 33.5 Å². The van der Waals surface area contributed by atoms with Crippen LogP contribution in [0.15, 0.2) is 22.8 Å². The zero-order valence-corrected chi connectivity index (χ0v) is 10.9.